The summed E-state index contributed by atoms with van der Waals surface area (Å²) in [5.41, 5.74) is -0.141. The van der Waals surface area contributed by atoms with Crippen molar-refractivity contribution >= 4 is 23.9 Å². The fourth-order valence-electron chi connectivity index (χ4n) is 3.93. The van der Waals surface area contributed by atoms with E-state index in [0.29, 0.717) is 13.2 Å². The van der Waals surface area contributed by atoms with Crippen LogP contribution in [0.4, 0.5) is 0 Å². The minimum Gasteiger partial charge on any atom is -0.545 e. The van der Waals surface area contributed by atoms with E-state index in [0.717, 1.165) is 38.5 Å². The standard InChI is InChI=1S/2C16H22O4.Zn/c2*1-2-3-4-5-6-9-12-20-16(19)14-11-8-7-10-13(14)15(17)18;/h2*7-8,10-11H,2-6,9,12H2,1H3,(H,17,18);/q;;+2/p-2. The Balaban J connectivity index is 0.000000762. The van der Waals surface area contributed by atoms with E-state index in [4.69, 9.17) is 9.47 Å². The van der Waals surface area contributed by atoms with E-state index in [9.17, 15) is 29.4 Å². The van der Waals surface area contributed by atoms with Gasteiger partial charge in [0.15, 0.2) is 0 Å². The molecule has 0 radical (unpaired) electrons. The predicted molar refractivity (Wildman–Crippen MR) is 149 cm³/mol. The smallest absolute Gasteiger partial charge is 0.545 e. The molecular weight excluding hydrogens is 578 g/mol. The van der Waals surface area contributed by atoms with Crippen LogP contribution in [0.5, 0.6) is 0 Å². The third kappa shape index (κ3) is 16.1. The van der Waals surface area contributed by atoms with Crippen LogP contribution in [0.2, 0.25) is 0 Å². The molecule has 0 unspecified atom stereocenters. The van der Waals surface area contributed by atoms with Crippen molar-refractivity contribution in [2.75, 3.05) is 13.2 Å². The van der Waals surface area contributed by atoms with Crippen molar-refractivity contribution in [3.63, 3.8) is 0 Å². The number of hydrogen-bond donors (Lipinski definition) is 0. The van der Waals surface area contributed by atoms with Crippen molar-refractivity contribution in [2.24, 2.45) is 0 Å². The summed E-state index contributed by atoms with van der Waals surface area (Å²) in [5, 5.41) is 21.8. The second-order valence-electron chi connectivity index (χ2n) is 9.47. The number of carbonyl (C=O) groups is 4. The average molecular weight is 620 g/mol. The summed E-state index contributed by atoms with van der Waals surface area (Å²) < 4.78 is 10.2. The zero-order valence-electron chi connectivity index (χ0n) is 24.5. The number of hydrogen-bond acceptors (Lipinski definition) is 8. The quantitative estimate of drug-likeness (QED) is 0.127. The molecule has 0 aliphatic rings. The van der Waals surface area contributed by atoms with Crippen molar-refractivity contribution in [2.45, 2.75) is 90.9 Å². The Morgan fingerprint density at radius 3 is 1.12 bits per heavy atom. The van der Waals surface area contributed by atoms with Gasteiger partial charge in [0.1, 0.15) is 0 Å². The van der Waals surface area contributed by atoms with E-state index in [2.05, 4.69) is 13.8 Å². The van der Waals surface area contributed by atoms with Gasteiger partial charge in [-0.3, -0.25) is 0 Å². The molecular formula is C32H42O8Zn. The van der Waals surface area contributed by atoms with Gasteiger partial charge in [0.2, 0.25) is 0 Å². The second kappa shape index (κ2) is 23.6. The molecule has 0 saturated heterocycles. The molecule has 0 aliphatic heterocycles. The van der Waals surface area contributed by atoms with Gasteiger partial charge in [0, 0.05) is 11.1 Å². The molecule has 9 heteroatoms. The van der Waals surface area contributed by atoms with Gasteiger partial charge in [-0.05, 0) is 25.0 Å². The molecule has 220 valence electrons. The minimum absolute atomic E-state index is 0. The number of aromatic carboxylic acids is 2. The Morgan fingerprint density at radius 2 is 0.805 bits per heavy atom. The van der Waals surface area contributed by atoms with Gasteiger partial charge < -0.3 is 29.3 Å². The molecule has 0 N–H and O–H groups in total. The molecule has 2 aromatic carbocycles. The molecule has 41 heavy (non-hydrogen) atoms. The summed E-state index contributed by atoms with van der Waals surface area (Å²) >= 11 is 0. The van der Waals surface area contributed by atoms with Crippen LogP contribution in [-0.4, -0.2) is 37.1 Å². The van der Waals surface area contributed by atoms with E-state index in [-0.39, 0.29) is 41.7 Å². The molecule has 0 amide bonds. The average Bonchev–Trinajstić information content (AvgIpc) is 2.96. The van der Waals surface area contributed by atoms with Gasteiger partial charge in [-0.25, -0.2) is 9.59 Å². The second-order valence-corrected chi connectivity index (χ2v) is 9.47. The monoisotopic (exact) mass is 618 g/mol. The van der Waals surface area contributed by atoms with Crippen molar-refractivity contribution in [1.82, 2.24) is 0 Å². The van der Waals surface area contributed by atoms with Crippen molar-refractivity contribution in [3.05, 3.63) is 70.8 Å². The molecule has 8 nitrogen and oxygen atoms in total. The predicted octanol–water partition coefficient (Wildman–Crippen LogP) is 5.13. The summed E-state index contributed by atoms with van der Waals surface area (Å²) in [4.78, 5) is 45.4. The Bertz CT molecular complexity index is 970. The number of benzene rings is 2. The number of ether oxygens (including phenoxy) is 2. The van der Waals surface area contributed by atoms with Crippen molar-refractivity contribution in [1.29, 1.82) is 0 Å². The number of esters is 2. The first-order valence-electron chi connectivity index (χ1n) is 14.3. The van der Waals surface area contributed by atoms with Crippen LogP contribution in [0.15, 0.2) is 48.5 Å². The Labute approximate surface area is 256 Å². The van der Waals surface area contributed by atoms with Crippen LogP contribution >= 0.6 is 0 Å². The zero-order chi connectivity index (χ0) is 29.6. The van der Waals surface area contributed by atoms with E-state index in [1.807, 2.05) is 0 Å². The number of carboxylic acids is 2. The SMILES string of the molecule is CCCCCCCCOC(=O)c1ccccc1C(=O)[O-].CCCCCCCCOC(=O)c1ccccc1C(=O)[O-].[Zn+2]. The maximum atomic E-state index is 11.8. The van der Waals surface area contributed by atoms with E-state index < -0.39 is 23.9 Å². The van der Waals surface area contributed by atoms with E-state index >= 15 is 0 Å². The fourth-order valence-corrected chi connectivity index (χ4v) is 3.93. The summed E-state index contributed by atoms with van der Waals surface area (Å²) in [5.74, 6) is -3.93. The third-order valence-electron chi connectivity index (χ3n) is 6.20. The van der Waals surface area contributed by atoms with Crippen LogP contribution in [0.25, 0.3) is 0 Å². The minimum atomic E-state index is -1.36. The number of unbranched alkanes of at least 4 members (excludes halogenated alkanes) is 10. The van der Waals surface area contributed by atoms with E-state index in [1.54, 1.807) is 24.3 Å². The van der Waals surface area contributed by atoms with Crippen LogP contribution in [-0.2, 0) is 29.0 Å². The summed E-state index contributed by atoms with van der Waals surface area (Å²) in [6.45, 7) is 4.98. The molecule has 0 saturated carbocycles. The summed E-state index contributed by atoms with van der Waals surface area (Å²) in [7, 11) is 0. The van der Waals surface area contributed by atoms with Gasteiger partial charge in [-0.15, -0.1) is 0 Å². The van der Waals surface area contributed by atoms with Gasteiger partial charge in [-0.2, -0.15) is 0 Å². The summed E-state index contributed by atoms with van der Waals surface area (Å²) in [6.07, 6.45) is 13.2. The van der Waals surface area contributed by atoms with Gasteiger partial charge >= 0.3 is 31.4 Å². The normalized spacial score (nSPS) is 10.0. The summed E-state index contributed by atoms with van der Waals surface area (Å²) in [6, 6.07) is 11.9. The maximum absolute atomic E-state index is 11.8. The van der Waals surface area contributed by atoms with Gasteiger partial charge in [-0.1, -0.05) is 114 Å². The molecule has 0 spiro atoms. The van der Waals surface area contributed by atoms with Crippen LogP contribution in [0, 0.1) is 0 Å². The topological polar surface area (TPSA) is 133 Å². The molecule has 0 heterocycles. The first kappa shape index (κ1) is 37.9. The maximum Gasteiger partial charge on any atom is 2.00 e. The van der Waals surface area contributed by atoms with Crippen molar-refractivity contribution < 1.29 is 58.3 Å². The first-order chi connectivity index (χ1) is 19.3. The first-order valence-corrected chi connectivity index (χ1v) is 14.3. The fraction of sp³-hybridized carbons (Fsp3) is 0.500. The van der Waals surface area contributed by atoms with Crippen LogP contribution in [0.3, 0.4) is 0 Å². The van der Waals surface area contributed by atoms with Crippen LogP contribution < -0.4 is 10.2 Å². The molecule has 0 atom stereocenters. The Hall–Kier alpha value is -3.06. The largest absolute Gasteiger partial charge is 2.00 e. The van der Waals surface area contributed by atoms with E-state index in [1.165, 1.54) is 62.8 Å². The van der Waals surface area contributed by atoms with Crippen LogP contribution in [0.1, 0.15) is 132 Å². The number of carbonyl (C=O) groups excluding carboxylic acids is 4. The molecule has 0 fully saturated rings. The molecule has 0 bridgehead atoms. The molecule has 0 aliphatic carbocycles. The zero-order valence-corrected chi connectivity index (χ0v) is 27.5. The molecule has 2 rings (SSSR count). The molecule has 2 aromatic rings. The van der Waals surface area contributed by atoms with Gasteiger partial charge in [0.05, 0.1) is 36.3 Å². The molecule has 0 aromatic heterocycles. The third-order valence-corrected chi connectivity index (χ3v) is 6.20. The van der Waals surface area contributed by atoms with Gasteiger partial charge in [0.25, 0.3) is 0 Å². The Morgan fingerprint density at radius 1 is 0.512 bits per heavy atom. The van der Waals surface area contributed by atoms with Crippen molar-refractivity contribution in [3.8, 4) is 0 Å². The number of carboxylic acid groups (broad SMARTS) is 2. The Kier molecular flexibility index (Phi) is 21.9. The number of rotatable bonds is 18.